The molecule has 0 radical (unpaired) electrons. The van der Waals surface area contributed by atoms with E-state index in [1.807, 2.05) is 144 Å². The van der Waals surface area contributed by atoms with Crippen molar-refractivity contribution in [2.24, 2.45) is 0 Å². The van der Waals surface area contributed by atoms with Crippen molar-refractivity contribution in [1.82, 2.24) is 4.90 Å². The van der Waals surface area contributed by atoms with Gasteiger partial charge < -0.3 is 19.4 Å². The van der Waals surface area contributed by atoms with E-state index in [0.717, 1.165) is 39.6 Å². The zero-order valence-electron chi connectivity index (χ0n) is 24.8. The van der Waals surface area contributed by atoms with Gasteiger partial charge in [-0.05, 0) is 47.5 Å². The molecule has 0 saturated heterocycles. The number of carbonyl (C=O) groups is 1. The highest BCUT2D eigenvalue weighted by Gasteiger charge is 2.63. The lowest BCUT2D eigenvalue weighted by molar-refractivity contribution is -0.587. The number of hydrogen-bond donors (Lipinski definition) is 0. The first-order valence-corrected chi connectivity index (χ1v) is 14.6. The van der Waals surface area contributed by atoms with E-state index in [9.17, 15) is 9.90 Å². The molecular formula is C38H34N2O4. The van der Waals surface area contributed by atoms with Crippen LogP contribution in [0.5, 0.6) is 11.5 Å². The Hall–Kier alpha value is -5.36. The second kappa shape index (κ2) is 12.5. The molecule has 0 amide bonds. The molecule has 44 heavy (non-hydrogen) atoms. The largest absolute Gasteiger partial charge is 0.545 e. The third kappa shape index (κ3) is 5.20. The van der Waals surface area contributed by atoms with Crippen LogP contribution in [-0.4, -0.2) is 35.5 Å². The molecule has 5 aromatic carbocycles. The number of nitrogens with zero attached hydrogens (tertiary/aromatic N) is 2. The van der Waals surface area contributed by atoms with Crippen LogP contribution in [0.2, 0.25) is 0 Å². The van der Waals surface area contributed by atoms with E-state index in [1.54, 1.807) is 14.2 Å². The standard InChI is InChI=1S/C38H34N2O4/c1-43-33-22-18-28(19-23-33)26-39-35(30-12-6-3-7-13-30)38(37(41)42,32-16-10-5-11-17-32)40(36(39)31-14-8-4-9-15-31)27-29-20-24-34(44-2)25-21-29/h3-25,35H,26-27H2,1-2H3. The van der Waals surface area contributed by atoms with Crippen molar-refractivity contribution in [2.45, 2.75) is 24.7 Å². The van der Waals surface area contributed by atoms with Gasteiger partial charge in [0.05, 0.1) is 25.8 Å². The van der Waals surface area contributed by atoms with Gasteiger partial charge in [-0.2, -0.15) is 0 Å². The maximum atomic E-state index is 14.0. The Kier molecular flexibility index (Phi) is 8.15. The fraction of sp³-hybridized carbons (Fsp3) is 0.158. The van der Waals surface area contributed by atoms with Gasteiger partial charge in [-0.1, -0.05) is 103 Å². The molecule has 6 heteroatoms. The van der Waals surface area contributed by atoms with E-state index in [4.69, 9.17) is 9.47 Å². The van der Waals surface area contributed by atoms with E-state index in [2.05, 4.69) is 4.58 Å². The van der Waals surface area contributed by atoms with Crippen molar-refractivity contribution in [2.75, 3.05) is 14.2 Å². The Balaban J connectivity index is 1.67. The number of aliphatic carboxylic acids is 1. The number of amidine groups is 1. The third-order valence-electron chi connectivity index (χ3n) is 8.34. The number of rotatable bonds is 10. The predicted molar refractivity (Wildman–Crippen MR) is 168 cm³/mol. The minimum atomic E-state index is -1.58. The van der Waals surface area contributed by atoms with Crippen LogP contribution < -0.4 is 14.6 Å². The van der Waals surface area contributed by atoms with Crippen LogP contribution in [0.1, 0.15) is 33.9 Å². The number of carboxylic acids is 1. The second-order valence-electron chi connectivity index (χ2n) is 10.8. The monoisotopic (exact) mass is 582 g/mol. The van der Waals surface area contributed by atoms with Gasteiger partial charge >= 0.3 is 0 Å². The van der Waals surface area contributed by atoms with Crippen LogP contribution in [-0.2, 0) is 23.4 Å². The lowest BCUT2D eigenvalue weighted by atomic mass is 9.78. The molecule has 1 aliphatic rings. The van der Waals surface area contributed by atoms with E-state index in [-0.39, 0.29) is 0 Å². The maximum absolute atomic E-state index is 14.0. The molecule has 2 unspecified atom stereocenters. The topological polar surface area (TPSA) is 64.8 Å². The second-order valence-corrected chi connectivity index (χ2v) is 10.8. The number of ether oxygens (including phenoxy) is 2. The lowest BCUT2D eigenvalue weighted by Crippen LogP contribution is -2.59. The minimum absolute atomic E-state index is 0.319. The first-order chi connectivity index (χ1) is 21.6. The predicted octanol–water partition coefficient (Wildman–Crippen LogP) is 5.57. The quantitative estimate of drug-likeness (QED) is 0.202. The van der Waals surface area contributed by atoms with Crippen molar-refractivity contribution in [3.05, 3.63) is 167 Å². The highest BCUT2D eigenvalue weighted by Crippen LogP contribution is 2.49. The molecule has 2 atom stereocenters. The van der Waals surface area contributed by atoms with Gasteiger partial charge in [-0.3, -0.25) is 0 Å². The van der Waals surface area contributed by atoms with Gasteiger partial charge in [0, 0.05) is 11.1 Å². The molecule has 0 saturated carbocycles. The summed E-state index contributed by atoms with van der Waals surface area (Å²) in [6.45, 7) is 0.772. The summed E-state index contributed by atoms with van der Waals surface area (Å²) in [4.78, 5) is 16.1. The van der Waals surface area contributed by atoms with Crippen molar-refractivity contribution in [1.29, 1.82) is 0 Å². The smallest absolute Gasteiger partial charge is 0.281 e. The summed E-state index contributed by atoms with van der Waals surface area (Å²) >= 11 is 0. The molecule has 0 fully saturated rings. The first kappa shape index (κ1) is 28.7. The van der Waals surface area contributed by atoms with Gasteiger partial charge in [-0.25, -0.2) is 9.48 Å². The molecule has 0 spiro atoms. The van der Waals surface area contributed by atoms with Crippen LogP contribution in [0.3, 0.4) is 0 Å². The highest BCUT2D eigenvalue weighted by molar-refractivity contribution is 6.00. The van der Waals surface area contributed by atoms with Crippen molar-refractivity contribution >= 4 is 11.8 Å². The van der Waals surface area contributed by atoms with Crippen molar-refractivity contribution < 1.29 is 24.0 Å². The van der Waals surface area contributed by atoms with Gasteiger partial charge in [0.15, 0.2) is 6.04 Å². The molecule has 0 aliphatic carbocycles. The number of carbonyl (C=O) groups excluding carboxylic acids is 1. The fourth-order valence-electron chi connectivity index (χ4n) is 6.34. The summed E-state index contributed by atoms with van der Waals surface area (Å²) < 4.78 is 13.1. The van der Waals surface area contributed by atoms with Crippen LogP contribution in [0.15, 0.2) is 140 Å². The average molecular weight is 583 g/mol. The third-order valence-corrected chi connectivity index (χ3v) is 8.34. The molecule has 0 aromatic heterocycles. The van der Waals surface area contributed by atoms with Crippen LogP contribution in [0.25, 0.3) is 0 Å². The summed E-state index contributed by atoms with van der Waals surface area (Å²) in [7, 11) is 3.28. The van der Waals surface area contributed by atoms with E-state index in [1.165, 1.54) is 0 Å². The molecule has 1 aliphatic heterocycles. The lowest BCUT2D eigenvalue weighted by Gasteiger charge is -2.39. The Morgan fingerprint density at radius 2 is 1.20 bits per heavy atom. The molecule has 220 valence electrons. The molecule has 6 rings (SSSR count). The summed E-state index contributed by atoms with van der Waals surface area (Å²) in [5.41, 5.74) is 2.81. The van der Waals surface area contributed by atoms with Gasteiger partial charge in [-0.15, -0.1) is 0 Å². The zero-order chi connectivity index (χ0) is 30.5. The van der Waals surface area contributed by atoms with Gasteiger partial charge in [0.25, 0.3) is 5.84 Å². The molecule has 0 N–H and O–H groups in total. The zero-order valence-corrected chi connectivity index (χ0v) is 24.8. The average Bonchev–Trinajstić information content (AvgIpc) is 3.36. The minimum Gasteiger partial charge on any atom is -0.545 e. The van der Waals surface area contributed by atoms with Crippen LogP contribution in [0, 0.1) is 0 Å². The Morgan fingerprint density at radius 1 is 0.705 bits per heavy atom. The summed E-state index contributed by atoms with van der Waals surface area (Å²) in [6.07, 6.45) is 0. The van der Waals surface area contributed by atoms with Crippen LogP contribution >= 0.6 is 0 Å². The molecule has 5 aromatic rings. The number of benzene rings is 5. The Morgan fingerprint density at radius 3 is 1.73 bits per heavy atom. The van der Waals surface area contributed by atoms with E-state index >= 15 is 0 Å². The first-order valence-electron chi connectivity index (χ1n) is 14.6. The number of hydrogen-bond acceptors (Lipinski definition) is 5. The Labute approximate surface area is 258 Å². The van der Waals surface area contributed by atoms with Crippen molar-refractivity contribution in [3.8, 4) is 11.5 Å². The van der Waals surface area contributed by atoms with E-state index < -0.39 is 17.6 Å². The maximum Gasteiger partial charge on any atom is 0.281 e. The van der Waals surface area contributed by atoms with Crippen LogP contribution in [0.4, 0.5) is 0 Å². The summed E-state index contributed by atoms with van der Waals surface area (Å²) in [5.74, 6) is 1.13. The number of carboxylic acid groups (broad SMARTS) is 1. The van der Waals surface area contributed by atoms with Crippen molar-refractivity contribution in [3.63, 3.8) is 0 Å². The summed E-state index contributed by atoms with van der Waals surface area (Å²) in [6, 6.07) is 44.4. The Bertz CT molecular complexity index is 1740. The molecule has 0 bridgehead atoms. The normalized spacial score (nSPS) is 17.9. The molecule has 6 nitrogen and oxygen atoms in total. The fourth-order valence-corrected chi connectivity index (χ4v) is 6.34. The SMILES string of the molecule is COc1ccc(CN2C(c3ccccc3)=[N+](Cc3ccc(OC)cc3)C(c3ccccc3)C2(C(=O)[O-])c2ccccc2)cc1. The van der Waals surface area contributed by atoms with Gasteiger partial charge in [0.2, 0.25) is 5.54 Å². The highest BCUT2D eigenvalue weighted by atomic mass is 16.5. The summed E-state index contributed by atoms with van der Waals surface area (Å²) in [5, 5.41) is 14.0. The number of methoxy groups -OCH3 is 2. The molecular weight excluding hydrogens is 548 g/mol. The molecule has 1 heterocycles. The van der Waals surface area contributed by atoms with E-state index in [0.29, 0.717) is 18.7 Å². The van der Waals surface area contributed by atoms with Gasteiger partial charge in [0.1, 0.15) is 24.6 Å².